The van der Waals surface area contributed by atoms with E-state index in [2.05, 4.69) is 48.7 Å². The fraction of sp³-hybridized carbons (Fsp3) is 0.320. The molecule has 1 N–H and O–H groups in total. The van der Waals surface area contributed by atoms with Crippen molar-refractivity contribution < 1.29 is 0 Å². The van der Waals surface area contributed by atoms with Crippen LogP contribution in [0.3, 0.4) is 0 Å². The summed E-state index contributed by atoms with van der Waals surface area (Å²) in [5, 5.41) is 3.93. The third kappa shape index (κ3) is 6.96. The van der Waals surface area contributed by atoms with E-state index in [4.69, 9.17) is 16.6 Å². The molecule has 0 atom stereocenters. The first-order valence-corrected chi connectivity index (χ1v) is 10.7. The van der Waals surface area contributed by atoms with Gasteiger partial charge in [-0.05, 0) is 62.6 Å². The van der Waals surface area contributed by atoms with Crippen molar-refractivity contribution in [2.45, 2.75) is 46.5 Å². The first-order chi connectivity index (χ1) is 14.5. The highest BCUT2D eigenvalue weighted by atomic mass is 35.5. The molecule has 30 heavy (non-hydrogen) atoms. The molecule has 0 amide bonds. The average molecular weight is 423 g/mol. The Morgan fingerprint density at radius 2 is 2.00 bits per heavy atom. The molecule has 1 aromatic carbocycles. The normalized spacial score (nSPS) is 15.8. The lowest BCUT2D eigenvalue weighted by Crippen LogP contribution is -2.21. The van der Waals surface area contributed by atoms with Crippen molar-refractivity contribution in [2.24, 2.45) is 15.0 Å². The topological polar surface area (TPSA) is 49.1 Å². The van der Waals surface area contributed by atoms with Gasteiger partial charge in [-0.3, -0.25) is 9.98 Å². The molecule has 0 fully saturated rings. The summed E-state index contributed by atoms with van der Waals surface area (Å²) in [7, 11) is 1.72. The highest BCUT2D eigenvalue weighted by Crippen LogP contribution is 2.20. The second-order valence-corrected chi connectivity index (χ2v) is 7.67. The fourth-order valence-corrected chi connectivity index (χ4v) is 3.10. The summed E-state index contributed by atoms with van der Waals surface area (Å²) in [4.78, 5) is 13.7. The van der Waals surface area contributed by atoms with E-state index in [0.29, 0.717) is 17.4 Å². The molecule has 0 unspecified atom stereocenters. The number of hydrogen-bond acceptors (Lipinski definition) is 2. The minimum atomic E-state index is 0.521. The van der Waals surface area contributed by atoms with Gasteiger partial charge in [-0.15, -0.1) is 0 Å². The Labute approximate surface area is 185 Å². The summed E-state index contributed by atoms with van der Waals surface area (Å²) in [6.07, 6.45) is 11.9. The van der Waals surface area contributed by atoms with E-state index >= 15 is 0 Å². The summed E-state index contributed by atoms with van der Waals surface area (Å²) in [5.74, 6) is 0.521. The van der Waals surface area contributed by atoms with Gasteiger partial charge < -0.3 is 5.32 Å². The van der Waals surface area contributed by atoms with Crippen LogP contribution in [-0.2, 0) is 0 Å². The highest BCUT2D eigenvalue weighted by Gasteiger charge is 2.16. The summed E-state index contributed by atoms with van der Waals surface area (Å²) in [5.41, 5.74) is 6.18. The molecule has 0 saturated carbocycles. The lowest BCUT2D eigenvalue weighted by Gasteiger charge is -2.15. The molecule has 1 aliphatic rings. The molecule has 1 aromatic rings. The van der Waals surface area contributed by atoms with Crippen LogP contribution in [0.25, 0.3) is 0 Å². The number of nitrogens with zero attached hydrogens (tertiary/aromatic N) is 3. The molecule has 1 aliphatic heterocycles. The number of unbranched alkanes of at least 4 members (excludes halogenated alkanes) is 1. The molecule has 0 saturated heterocycles. The largest absolute Gasteiger partial charge is 0.324 e. The Morgan fingerprint density at radius 1 is 1.27 bits per heavy atom. The van der Waals surface area contributed by atoms with Crippen molar-refractivity contribution in [1.82, 2.24) is 0 Å². The van der Waals surface area contributed by atoms with Crippen LogP contribution in [-0.4, -0.2) is 24.4 Å². The molecule has 0 aromatic heterocycles. The van der Waals surface area contributed by atoms with E-state index in [1.165, 1.54) is 11.1 Å². The lowest BCUT2D eigenvalue weighted by molar-refractivity contribution is 0.792. The number of guanidine groups is 1. The summed E-state index contributed by atoms with van der Waals surface area (Å²) in [6, 6.07) is 7.45. The Hall–Kier alpha value is -2.72. The van der Waals surface area contributed by atoms with Crippen LogP contribution in [0.15, 0.2) is 87.0 Å². The highest BCUT2D eigenvalue weighted by molar-refractivity contribution is 6.51. The molecule has 0 radical (unpaired) electrons. The van der Waals surface area contributed by atoms with Crippen LogP contribution in [0.4, 0.5) is 5.69 Å². The van der Waals surface area contributed by atoms with Gasteiger partial charge in [0.1, 0.15) is 0 Å². The van der Waals surface area contributed by atoms with Crippen LogP contribution in [0.5, 0.6) is 0 Å². The smallest absolute Gasteiger partial charge is 0.222 e. The predicted octanol–water partition coefficient (Wildman–Crippen LogP) is 7.18. The Balaban J connectivity index is 2.35. The standard InChI is InChI=1S/C25H31ClN4/c1-6-8-10-20(18(3)4)17-19(7-2)24-23(11-9-16-28-24)30-25(27-5)29-22-14-12-21(26)13-15-22/h7,9,12-17H,2,6,8,10-11H2,1,3-5H3,(H,27,29)/b19-17+,30-23?. The maximum absolute atomic E-state index is 5.97. The minimum absolute atomic E-state index is 0.521. The van der Waals surface area contributed by atoms with Crippen LogP contribution < -0.4 is 5.32 Å². The molecular weight excluding hydrogens is 392 g/mol. The molecule has 1 heterocycles. The van der Waals surface area contributed by atoms with Gasteiger partial charge in [-0.1, -0.05) is 49.2 Å². The van der Waals surface area contributed by atoms with Crippen molar-refractivity contribution in [3.63, 3.8) is 0 Å². The lowest BCUT2D eigenvalue weighted by atomic mass is 9.96. The van der Waals surface area contributed by atoms with E-state index in [9.17, 15) is 0 Å². The van der Waals surface area contributed by atoms with Crippen molar-refractivity contribution in [2.75, 3.05) is 12.4 Å². The van der Waals surface area contributed by atoms with Gasteiger partial charge in [-0.25, -0.2) is 4.99 Å². The van der Waals surface area contributed by atoms with Gasteiger partial charge in [0.05, 0.1) is 11.4 Å². The molecule has 0 aliphatic carbocycles. The van der Waals surface area contributed by atoms with Crippen LogP contribution in [0.2, 0.25) is 5.02 Å². The first kappa shape index (κ1) is 23.6. The molecule has 158 valence electrons. The number of rotatable bonds is 7. The van der Waals surface area contributed by atoms with Crippen LogP contribution in [0, 0.1) is 0 Å². The minimum Gasteiger partial charge on any atom is -0.324 e. The fourth-order valence-electron chi connectivity index (χ4n) is 2.97. The molecule has 4 nitrogen and oxygen atoms in total. The number of hydrogen-bond donors (Lipinski definition) is 1. The van der Waals surface area contributed by atoms with Crippen molar-refractivity contribution in [1.29, 1.82) is 0 Å². The summed E-state index contributed by atoms with van der Waals surface area (Å²) < 4.78 is 0. The van der Waals surface area contributed by atoms with Crippen molar-refractivity contribution in [3.8, 4) is 0 Å². The zero-order valence-electron chi connectivity index (χ0n) is 18.4. The second-order valence-electron chi connectivity index (χ2n) is 7.24. The number of aliphatic imine (C=N–C) groups is 3. The van der Waals surface area contributed by atoms with Gasteiger partial charge in [-0.2, -0.15) is 0 Å². The molecular formula is C25H31ClN4. The maximum atomic E-state index is 5.97. The summed E-state index contributed by atoms with van der Waals surface area (Å²) >= 11 is 5.97. The van der Waals surface area contributed by atoms with E-state index < -0.39 is 0 Å². The van der Waals surface area contributed by atoms with Crippen LogP contribution >= 0.6 is 11.6 Å². The number of anilines is 1. The molecule has 0 spiro atoms. The van der Waals surface area contributed by atoms with Gasteiger partial charge in [0.25, 0.3) is 0 Å². The van der Waals surface area contributed by atoms with Gasteiger partial charge in [0.2, 0.25) is 5.96 Å². The van der Waals surface area contributed by atoms with Gasteiger partial charge >= 0.3 is 0 Å². The quantitative estimate of drug-likeness (QED) is 0.282. The number of halogens is 1. The SMILES string of the molecule is C=C/C(=C\C(CCCC)=C(C)C)C1=NC=CCC1=NC(=NC)Nc1ccc(Cl)cc1. The molecule has 0 bridgehead atoms. The monoisotopic (exact) mass is 422 g/mol. The first-order valence-electron chi connectivity index (χ1n) is 10.3. The third-order valence-corrected chi connectivity index (χ3v) is 4.96. The predicted molar refractivity (Wildman–Crippen MR) is 133 cm³/mol. The zero-order valence-corrected chi connectivity index (χ0v) is 19.1. The third-order valence-electron chi connectivity index (χ3n) is 4.71. The van der Waals surface area contributed by atoms with Gasteiger partial charge in [0.15, 0.2) is 0 Å². The van der Waals surface area contributed by atoms with E-state index in [1.54, 1.807) is 7.05 Å². The van der Waals surface area contributed by atoms with Crippen LogP contribution in [0.1, 0.15) is 46.5 Å². The molecule has 5 heteroatoms. The van der Waals surface area contributed by atoms with E-state index in [-0.39, 0.29) is 0 Å². The average Bonchev–Trinajstić information content (AvgIpc) is 2.75. The summed E-state index contributed by atoms with van der Waals surface area (Å²) in [6.45, 7) is 10.5. The number of allylic oxidation sites excluding steroid dienone is 6. The van der Waals surface area contributed by atoms with E-state index in [0.717, 1.165) is 41.9 Å². The maximum Gasteiger partial charge on any atom is 0.222 e. The number of benzene rings is 1. The Kier molecular flexibility index (Phi) is 9.49. The van der Waals surface area contributed by atoms with Crippen molar-refractivity contribution >= 4 is 34.7 Å². The zero-order chi connectivity index (χ0) is 21.9. The second kappa shape index (κ2) is 12.1. The number of nitrogens with one attached hydrogen (secondary N) is 1. The Bertz CT molecular complexity index is 924. The van der Waals surface area contributed by atoms with Crippen molar-refractivity contribution in [3.05, 3.63) is 77.0 Å². The van der Waals surface area contributed by atoms with Gasteiger partial charge in [0, 0.05) is 36.0 Å². The molecule has 2 rings (SSSR count). The Morgan fingerprint density at radius 3 is 2.60 bits per heavy atom. The van der Waals surface area contributed by atoms with E-state index in [1.807, 2.05) is 42.6 Å².